The van der Waals surface area contributed by atoms with Crippen LogP contribution in [0.4, 0.5) is 4.79 Å². The predicted molar refractivity (Wildman–Crippen MR) is 104 cm³/mol. The van der Waals surface area contributed by atoms with Crippen LogP contribution in [0.3, 0.4) is 0 Å². The zero-order valence-corrected chi connectivity index (χ0v) is 15.7. The standard InChI is InChI=1S/C20H19BrN4O/c21-18-7-2-6-17-16(18)8-9-19(17)24-20(26)22-13-14-4-1-5-15(12-14)25-11-3-10-23-25/h1-7,10-12,19H,8-9,13H2,(H2,22,24,26). The summed E-state index contributed by atoms with van der Waals surface area (Å²) < 4.78 is 2.92. The average Bonchev–Trinajstić information content (AvgIpc) is 3.32. The Balaban J connectivity index is 1.37. The van der Waals surface area contributed by atoms with Crippen LogP contribution in [0.15, 0.2) is 65.4 Å². The summed E-state index contributed by atoms with van der Waals surface area (Å²) in [6.45, 7) is 0.471. The van der Waals surface area contributed by atoms with E-state index in [0.717, 1.165) is 28.6 Å². The van der Waals surface area contributed by atoms with Crippen molar-refractivity contribution in [2.45, 2.75) is 25.4 Å². The van der Waals surface area contributed by atoms with E-state index < -0.39 is 0 Å². The number of hydrogen-bond acceptors (Lipinski definition) is 2. The number of halogens is 1. The zero-order chi connectivity index (χ0) is 17.9. The lowest BCUT2D eigenvalue weighted by molar-refractivity contribution is 0.236. The van der Waals surface area contributed by atoms with Gasteiger partial charge < -0.3 is 10.6 Å². The van der Waals surface area contributed by atoms with Crippen LogP contribution in [0.5, 0.6) is 0 Å². The van der Waals surface area contributed by atoms with E-state index in [1.54, 1.807) is 10.9 Å². The summed E-state index contributed by atoms with van der Waals surface area (Å²) in [6, 6.07) is 15.9. The van der Waals surface area contributed by atoms with Gasteiger partial charge in [-0.15, -0.1) is 0 Å². The Labute approximate surface area is 160 Å². The molecule has 1 unspecified atom stereocenters. The lowest BCUT2D eigenvalue weighted by atomic mass is 10.1. The van der Waals surface area contributed by atoms with E-state index in [2.05, 4.69) is 37.7 Å². The third kappa shape index (κ3) is 3.51. The molecule has 0 bridgehead atoms. The summed E-state index contributed by atoms with van der Waals surface area (Å²) in [7, 11) is 0. The number of rotatable bonds is 4. The maximum atomic E-state index is 12.3. The summed E-state index contributed by atoms with van der Waals surface area (Å²) in [4.78, 5) is 12.3. The van der Waals surface area contributed by atoms with Crippen LogP contribution in [0.25, 0.3) is 5.69 Å². The Kier molecular flexibility index (Phi) is 4.75. The van der Waals surface area contributed by atoms with Crippen LogP contribution in [-0.2, 0) is 13.0 Å². The first-order valence-electron chi connectivity index (χ1n) is 8.61. The molecule has 1 aliphatic carbocycles. The van der Waals surface area contributed by atoms with Gasteiger partial charge in [-0.05, 0) is 53.8 Å². The number of amides is 2. The van der Waals surface area contributed by atoms with Gasteiger partial charge in [-0.25, -0.2) is 9.48 Å². The second-order valence-corrected chi connectivity index (χ2v) is 7.20. The number of fused-ring (bicyclic) bond motifs is 1. The van der Waals surface area contributed by atoms with Crippen LogP contribution < -0.4 is 10.6 Å². The molecule has 1 aliphatic rings. The Hall–Kier alpha value is -2.60. The van der Waals surface area contributed by atoms with Crippen LogP contribution in [0.1, 0.15) is 29.2 Å². The van der Waals surface area contributed by atoms with Crippen LogP contribution in [-0.4, -0.2) is 15.8 Å². The van der Waals surface area contributed by atoms with Crippen LogP contribution in [0.2, 0.25) is 0 Å². The van der Waals surface area contributed by atoms with Gasteiger partial charge in [0.25, 0.3) is 0 Å². The third-order valence-electron chi connectivity index (χ3n) is 4.65. The summed E-state index contributed by atoms with van der Waals surface area (Å²) >= 11 is 3.59. The molecule has 0 radical (unpaired) electrons. The molecule has 132 valence electrons. The third-order valence-corrected chi connectivity index (χ3v) is 5.39. The van der Waals surface area contributed by atoms with Crippen molar-refractivity contribution in [3.8, 4) is 5.69 Å². The number of nitrogens with zero attached hydrogens (tertiary/aromatic N) is 2. The quantitative estimate of drug-likeness (QED) is 0.679. The van der Waals surface area contributed by atoms with E-state index >= 15 is 0 Å². The minimum atomic E-state index is -0.146. The first kappa shape index (κ1) is 16.8. The Morgan fingerprint density at radius 2 is 2.12 bits per heavy atom. The fourth-order valence-electron chi connectivity index (χ4n) is 3.38. The van der Waals surface area contributed by atoms with Gasteiger partial charge in [0.05, 0.1) is 11.7 Å². The van der Waals surface area contributed by atoms with Crippen molar-refractivity contribution < 1.29 is 4.79 Å². The molecule has 4 rings (SSSR count). The maximum absolute atomic E-state index is 12.3. The van der Waals surface area contributed by atoms with Crippen molar-refractivity contribution in [2.24, 2.45) is 0 Å². The summed E-state index contributed by atoms with van der Waals surface area (Å²) in [6.07, 6.45) is 5.55. The average molecular weight is 411 g/mol. The van der Waals surface area contributed by atoms with E-state index in [1.807, 2.05) is 48.7 Å². The van der Waals surface area contributed by atoms with Gasteiger partial charge in [0, 0.05) is 23.4 Å². The first-order chi connectivity index (χ1) is 12.7. The fourth-order valence-corrected chi connectivity index (χ4v) is 3.96. The molecule has 0 saturated carbocycles. The molecule has 2 amide bonds. The second kappa shape index (κ2) is 7.33. The van der Waals surface area contributed by atoms with Gasteiger partial charge in [0.1, 0.15) is 0 Å². The van der Waals surface area contributed by atoms with Crippen molar-refractivity contribution >= 4 is 22.0 Å². The highest BCUT2D eigenvalue weighted by atomic mass is 79.9. The fraction of sp³-hybridized carbons (Fsp3) is 0.200. The molecule has 3 aromatic rings. The minimum Gasteiger partial charge on any atom is -0.334 e. The molecule has 1 aromatic heterocycles. The van der Waals surface area contributed by atoms with Crippen molar-refractivity contribution in [1.29, 1.82) is 0 Å². The Morgan fingerprint density at radius 3 is 2.96 bits per heavy atom. The molecule has 0 spiro atoms. The predicted octanol–water partition coefficient (Wildman–Crippen LogP) is 4.12. The maximum Gasteiger partial charge on any atom is 0.315 e. The van der Waals surface area contributed by atoms with Crippen LogP contribution >= 0.6 is 15.9 Å². The van der Waals surface area contributed by atoms with Crippen molar-refractivity contribution in [1.82, 2.24) is 20.4 Å². The van der Waals surface area contributed by atoms with Gasteiger partial charge in [0.15, 0.2) is 0 Å². The van der Waals surface area contributed by atoms with E-state index in [1.165, 1.54) is 11.1 Å². The highest BCUT2D eigenvalue weighted by molar-refractivity contribution is 9.10. The molecule has 0 saturated heterocycles. The molecule has 26 heavy (non-hydrogen) atoms. The molecule has 1 atom stereocenters. The smallest absolute Gasteiger partial charge is 0.315 e. The normalized spacial score (nSPS) is 15.5. The zero-order valence-electron chi connectivity index (χ0n) is 14.2. The first-order valence-corrected chi connectivity index (χ1v) is 9.40. The number of carbonyl (C=O) groups is 1. The molecular formula is C20H19BrN4O. The number of aromatic nitrogens is 2. The van der Waals surface area contributed by atoms with E-state index in [4.69, 9.17) is 0 Å². The van der Waals surface area contributed by atoms with Gasteiger partial charge in [-0.2, -0.15) is 5.10 Å². The van der Waals surface area contributed by atoms with Crippen molar-refractivity contribution in [3.05, 3.63) is 82.1 Å². The number of hydrogen-bond donors (Lipinski definition) is 2. The molecule has 2 N–H and O–H groups in total. The SMILES string of the molecule is O=C(NCc1cccc(-n2cccn2)c1)NC1CCc2c(Br)cccc21. The number of carbonyl (C=O) groups excluding carboxylic acids is 1. The molecule has 1 heterocycles. The summed E-state index contributed by atoms with van der Waals surface area (Å²) in [5.74, 6) is 0. The molecule has 6 heteroatoms. The largest absolute Gasteiger partial charge is 0.334 e. The van der Waals surface area contributed by atoms with Gasteiger partial charge in [-0.1, -0.05) is 40.2 Å². The molecule has 0 fully saturated rings. The van der Waals surface area contributed by atoms with E-state index in [9.17, 15) is 4.79 Å². The summed E-state index contributed by atoms with van der Waals surface area (Å²) in [5.41, 5.74) is 4.51. The number of urea groups is 1. The van der Waals surface area contributed by atoms with Gasteiger partial charge in [0.2, 0.25) is 0 Å². The Morgan fingerprint density at radius 1 is 1.23 bits per heavy atom. The highest BCUT2D eigenvalue weighted by Crippen LogP contribution is 2.35. The lowest BCUT2D eigenvalue weighted by Gasteiger charge is -2.15. The van der Waals surface area contributed by atoms with Crippen LogP contribution in [0, 0.1) is 0 Å². The van der Waals surface area contributed by atoms with Gasteiger partial charge >= 0.3 is 6.03 Å². The van der Waals surface area contributed by atoms with Crippen molar-refractivity contribution in [3.63, 3.8) is 0 Å². The minimum absolute atomic E-state index is 0.0675. The molecule has 0 aliphatic heterocycles. The summed E-state index contributed by atoms with van der Waals surface area (Å²) in [5, 5.41) is 10.3. The van der Waals surface area contributed by atoms with E-state index in [-0.39, 0.29) is 12.1 Å². The topological polar surface area (TPSA) is 59.0 Å². The molecule has 5 nitrogen and oxygen atoms in total. The second-order valence-electron chi connectivity index (χ2n) is 6.35. The molecule has 2 aromatic carbocycles. The molecular weight excluding hydrogens is 392 g/mol. The highest BCUT2D eigenvalue weighted by Gasteiger charge is 2.25. The number of nitrogens with one attached hydrogen (secondary N) is 2. The van der Waals surface area contributed by atoms with E-state index in [0.29, 0.717) is 6.54 Å². The Bertz CT molecular complexity index is 923. The van der Waals surface area contributed by atoms with Gasteiger partial charge in [-0.3, -0.25) is 0 Å². The monoisotopic (exact) mass is 410 g/mol. The lowest BCUT2D eigenvalue weighted by Crippen LogP contribution is -2.36. The van der Waals surface area contributed by atoms with Crippen molar-refractivity contribution in [2.75, 3.05) is 0 Å². The number of benzene rings is 2.